The van der Waals surface area contributed by atoms with Crippen LogP contribution in [0.25, 0.3) is 0 Å². The Bertz CT molecular complexity index is 459. The Morgan fingerprint density at radius 2 is 2.10 bits per heavy atom. The van der Waals surface area contributed by atoms with Crippen LogP contribution in [0.15, 0.2) is 17.5 Å². The number of carbonyl (C=O) groups excluding carboxylic acids is 1. The summed E-state index contributed by atoms with van der Waals surface area (Å²) in [5.74, 6) is 0.384. The summed E-state index contributed by atoms with van der Waals surface area (Å²) >= 11 is 1.80. The van der Waals surface area contributed by atoms with E-state index in [1.807, 2.05) is 0 Å². The zero-order valence-corrected chi connectivity index (χ0v) is 13.8. The first-order valence-electron chi connectivity index (χ1n) is 8.28. The fourth-order valence-corrected chi connectivity index (χ4v) is 4.69. The van der Waals surface area contributed by atoms with Crippen LogP contribution >= 0.6 is 11.3 Å². The Balaban J connectivity index is 1.51. The van der Waals surface area contributed by atoms with Crippen LogP contribution in [0.4, 0.5) is 0 Å². The molecule has 1 amide bonds. The van der Waals surface area contributed by atoms with Crippen LogP contribution in [0.5, 0.6) is 0 Å². The van der Waals surface area contributed by atoms with Crippen LogP contribution in [-0.2, 0) is 11.2 Å². The second kappa shape index (κ2) is 6.93. The zero-order chi connectivity index (χ0) is 14.7. The van der Waals surface area contributed by atoms with Gasteiger partial charge in [-0.3, -0.25) is 4.79 Å². The van der Waals surface area contributed by atoms with Gasteiger partial charge in [0.1, 0.15) is 0 Å². The van der Waals surface area contributed by atoms with E-state index in [1.54, 1.807) is 11.3 Å². The maximum Gasteiger partial charge on any atom is 0.222 e. The van der Waals surface area contributed by atoms with Gasteiger partial charge in [0.25, 0.3) is 0 Å². The van der Waals surface area contributed by atoms with Gasteiger partial charge >= 0.3 is 0 Å². The molecular weight excluding hydrogens is 280 g/mol. The van der Waals surface area contributed by atoms with Crippen molar-refractivity contribution in [2.24, 2.45) is 0 Å². The topological polar surface area (TPSA) is 23.6 Å². The Morgan fingerprint density at radius 3 is 2.81 bits per heavy atom. The highest BCUT2D eigenvalue weighted by atomic mass is 32.1. The molecule has 0 unspecified atom stereocenters. The molecule has 2 fully saturated rings. The van der Waals surface area contributed by atoms with Gasteiger partial charge in [-0.2, -0.15) is 0 Å². The fraction of sp³-hybridized carbons (Fsp3) is 0.706. The molecule has 0 aromatic carbocycles. The number of carbonyl (C=O) groups is 1. The number of likely N-dealkylation sites (tertiary alicyclic amines) is 2. The largest absolute Gasteiger partial charge is 0.338 e. The van der Waals surface area contributed by atoms with E-state index < -0.39 is 0 Å². The SMILES string of the molecule is CN1CCC[C@@H]1[C@H]1CCCN1C(=O)CCCc1cccs1. The van der Waals surface area contributed by atoms with Crippen LogP contribution in [0.2, 0.25) is 0 Å². The first-order valence-corrected chi connectivity index (χ1v) is 9.16. The minimum Gasteiger partial charge on any atom is -0.338 e. The van der Waals surface area contributed by atoms with Crippen molar-refractivity contribution in [3.63, 3.8) is 0 Å². The molecule has 1 aromatic heterocycles. The van der Waals surface area contributed by atoms with Gasteiger partial charge < -0.3 is 9.80 Å². The average Bonchev–Trinajstić information content (AvgIpc) is 3.18. The molecule has 21 heavy (non-hydrogen) atoms. The van der Waals surface area contributed by atoms with Crippen LogP contribution < -0.4 is 0 Å². The minimum absolute atomic E-state index is 0.384. The first-order chi connectivity index (χ1) is 10.3. The van der Waals surface area contributed by atoms with Gasteiger partial charge in [0.2, 0.25) is 5.91 Å². The second-order valence-corrected chi connectivity index (χ2v) is 7.45. The predicted octanol–water partition coefficient (Wildman–Crippen LogP) is 3.16. The van der Waals surface area contributed by atoms with Crippen molar-refractivity contribution >= 4 is 17.2 Å². The quantitative estimate of drug-likeness (QED) is 0.834. The summed E-state index contributed by atoms with van der Waals surface area (Å²) in [5, 5.41) is 2.11. The van der Waals surface area contributed by atoms with Crippen molar-refractivity contribution in [2.75, 3.05) is 20.1 Å². The van der Waals surface area contributed by atoms with E-state index in [0.717, 1.165) is 19.4 Å². The van der Waals surface area contributed by atoms with Gasteiger partial charge in [0.15, 0.2) is 0 Å². The van der Waals surface area contributed by atoms with Gasteiger partial charge in [0.05, 0.1) is 0 Å². The normalized spacial score (nSPS) is 26.6. The highest BCUT2D eigenvalue weighted by Crippen LogP contribution is 2.29. The molecule has 0 N–H and O–H groups in total. The van der Waals surface area contributed by atoms with Crippen molar-refractivity contribution in [1.82, 2.24) is 9.80 Å². The number of hydrogen-bond acceptors (Lipinski definition) is 3. The monoisotopic (exact) mass is 306 g/mol. The average molecular weight is 306 g/mol. The highest BCUT2D eigenvalue weighted by molar-refractivity contribution is 7.09. The van der Waals surface area contributed by atoms with E-state index in [2.05, 4.69) is 34.4 Å². The van der Waals surface area contributed by atoms with Crippen molar-refractivity contribution in [1.29, 1.82) is 0 Å². The Hall–Kier alpha value is -0.870. The lowest BCUT2D eigenvalue weighted by molar-refractivity contribution is -0.133. The Morgan fingerprint density at radius 1 is 1.29 bits per heavy atom. The van der Waals surface area contributed by atoms with E-state index >= 15 is 0 Å². The molecule has 2 aliphatic rings. The maximum absolute atomic E-state index is 12.6. The molecule has 0 spiro atoms. The maximum atomic E-state index is 12.6. The molecule has 2 atom stereocenters. The van der Waals surface area contributed by atoms with E-state index in [1.165, 1.54) is 37.1 Å². The van der Waals surface area contributed by atoms with Gasteiger partial charge in [-0.1, -0.05) is 6.07 Å². The van der Waals surface area contributed by atoms with E-state index in [0.29, 0.717) is 24.4 Å². The smallest absolute Gasteiger partial charge is 0.222 e. The molecule has 1 aromatic rings. The van der Waals surface area contributed by atoms with Gasteiger partial charge in [-0.15, -0.1) is 11.3 Å². The molecule has 3 heterocycles. The van der Waals surface area contributed by atoms with Crippen LogP contribution in [-0.4, -0.2) is 47.9 Å². The standard InChI is InChI=1S/C17H26N2OS/c1-18-11-3-8-15(18)16-9-4-12-19(16)17(20)10-2-6-14-7-5-13-21-14/h5,7,13,15-16H,2-4,6,8-12H2,1H3/t15-,16-/m1/s1. The Labute approximate surface area is 131 Å². The predicted molar refractivity (Wildman–Crippen MR) is 87.6 cm³/mol. The molecule has 2 aliphatic heterocycles. The lowest BCUT2D eigenvalue weighted by Crippen LogP contribution is -2.47. The third-order valence-corrected chi connectivity index (χ3v) is 5.97. The van der Waals surface area contributed by atoms with Crippen molar-refractivity contribution in [3.8, 4) is 0 Å². The molecule has 3 rings (SSSR count). The molecular formula is C17H26N2OS. The molecule has 3 nitrogen and oxygen atoms in total. The summed E-state index contributed by atoms with van der Waals surface area (Å²) in [6.07, 6.45) is 7.69. The lowest BCUT2D eigenvalue weighted by Gasteiger charge is -2.33. The number of thiophene rings is 1. The highest BCUT2D eigenvalue weighted by Gasteiger charge is 2.37. The number of nitrogens with zero attached hydrogens (tertiary/aromatic N) is 2. The molecule has 4 heteroatoms. The molecule has 0 bridgehead atoms. The summed E-state index contributed by atoms with van der Waals surface area (Å²) in [7, 11) is 2.22. The van der Waals surface area contributed by atoms with Crippen LogP contribution in [0.1, 0.15) is 43.4 Å². The van der Waals surface area contributed by atoms with E-state index in [4.69, 9.17) is 0 Å². The number of rotatable bonds is 5. The summed E-state index contributed by atoms with van der Waals surface area (Å²) in [5.41, 5.74) is 0. The van der Waals surface area contributed by atoms with Crippen LogP contribution in [0.3, 0.4) is 0 Å². The number of likely N-dealkylation sites (N-methyl/N-ethyl adjacent to an activating group) is 1. The van der Waals surface area contributed by atoms with Crippen molar-refractivity contribution in [2.45, 2.75) is 57.0 Å². The second-order valence-electron chi connectivity index (χ2n) is 6.42. The number of amides is 1. The number of hydrogen-bond donors (Lipinski definition) is 0. The van der Waals surface area contributed by atoms with E-state index in [9.17, 15) is 4.79 Å². The fourth-order valence-electron chi connectivity index (χ4n) is 3.94. The third-order valence-electron chi connectivity index (χ3n) is 5.03. The van der Waals surface area contributed by atoms with Crippen molar-refractivity contribution in [3.05, 3.63) is 22.4 Å². The summed E-state index contributed by atoms with van der Waals surface area (Å²) in [4.78, 5) is 18.6. The lowest BCUT2D eigenvalue weighted by atomic mass is 10.0. The number of aryl methyl sites for hydroxylation is 1. The van der Waals surface area contributed by atoms with E-state index in [-0.39, 0.29) is 0 Å². The molecule has 0 radical (unpaired) electrons. The minimum atomic E-state index is 0.384. The zero-order valence-electron chi connectivity index (χ0n) is 13.0. The molecule has 0 aliphatic carbocycles. The first kappa shape index (κ1) is 15.0. The van der Waals surface area contributed by atoms with Gasteiger partial charge in [0, 0.05) is 29.9 Å². The molecule has 0 saturated carbocycles. The van der Waals surface area contributed by atoms with Crippen LogP contribution in [0, 0.1) is 0 Å². The molecule has 116 valence electrons. The van der Waals surface area contributed by atoms with Gasteiger partial charge in [-0.25, -0.2) is 0 Å². The molecule has 2 saturated heterocycles. The third kappa shape index (κ3) is 3.49. The Kier molecular flexibility index (Phi) is 4.96. The summed E-state index contributed by atoms with van der Waals surface area (Å²) in [6, 6.07) is 5.34. The summed E-state index contributed by atoms with van der Waals surface area (Å²) in [6.45, 7) is 2.18. The van der Waals surface area contributed by atoms with Gasteiger partial charge in [-0.05, 0) is 63.6 Å². The van der Waals surface area contributed by atoms with Crippen molar-refractivity contribution < 1.29 is 4.79 Å². The summed E-state index contributed by atoms with van der Waals surface area (Å²) < 4.78 is 0.